The van der Waals surface area contributed by atoms with Gasteiger partial charge in [-0.25, -0.2) is 4.52 Å². The number of hydrogen-bond donors (Lipinski definition) is 0. The maximum absolute atomic E-state index is 12.9. The van der Waals surface area contributed by atoms with Crippen LogP contribution in [0.25, 0.3) is 5.52 Å². The van der Waals surface area contributed by atoms with Gasteiger partial charge in [-0.05, 0) is 39.1 Å². The molecule has 3 aromatic heterocycles. The Labute approximate surface area is 158 Å². The molecule has 0 saturated carbocycles. The molecule has 1 amide bonds. The van der Waals surface area contributed by atoms with Crippen molar-refractivity contribution in [3.05, 3.63) is 47.8 Å². The standard InChI is InChI=1S/C19H25N7O/c1-23(2)13-17-21-22-18(24(17)3)14-7-10-25(11-8-14)19(27)15-12-20-26-9-5-4-6-16(15)26/h4-6,9,12,14H,7-8,10-11,13H2,1-3H3. The zero-order valence-corrected chi connectivity index (χ0v) is 16.0. The first-order chi connectivity index (χ1) is 13.0. The van der Waals surface area contributed by atoms with Crippen molar-refractivity contribution >= 4 is 11.4 Å². The van der Waals surface area contributed by atoms with E-state index in [1.807, 2.05) is 50.4 Å². The second-order valence-electron chi connectivity index (χ2n) is 7.43. The number of rotatable bonds is 4. The molecule has 0 atom stereocenters. The second kappa shape index (κ2) is 7.11. The highest BCUT2D eigenvalue weighted by Crippen LogP contribution is 2.28. The highest BCUT2D eigenvalue weighted by atomic mass is 16.2. The monoisotopic (exact) mass is 367 g/mol. The molecule has 1 aliphatic rings. The quantitative estimate of drug-likeness (QED) is 0.700. The Morgan fingerprint density at radius 3 is 2.74 bits per heavy atom. The summed E-state index contributed by atoms with van der Waals surface area (Å²) < 4.78 is 3.85. The number of hydrogen-bond acceptors (Lipinski definition) is 5. The van der Waals surface area contributed by atoms with E-state index in [-0.39, 0.29) is 5.91 Å². The zero-order valence-electron chi connectivity index (χ0n) is 16.0. The molecule has 0 aliphatic carbocycles. The summed E-state index contributed by atoms with van der Waals surface area (Å²) in [5, 5.41) is 13.0. The molecule has 0 bridgehead atoms. The van der Waals surface area contributed by atoms with Gasteiger partial charge in [-0.3, -0.25) is 4.79 Å². The Hall–Kier alpha value is -2.74. The lowest BCUT2D eigenvalue weighted by Crippen LogP contribution is -2.38. The number of likely N-dealkylation sites (tertiary alicyclic amines) is 1. The van der Waals surface area contributed by atoms with Crippen LogP contribution in [0.3, 0.4) is 0 Å². The van der Waals surface area contributed by atoms with Gasteiger partial charge in [-0.15, -0.1) is 10.2 Å². The predicted molar refractivity (Wildman–Crippen MR) is 101 cm³/mol. The third-order valence-corrected chi connectivity index (χ3v) is 5.26. The van der Waals surface area contributed by atoms with E-state index >= 15 is 0 Å². The minimum atomic E-state index is 0.0564. The maximum Gasteiger partial charge on any atom is 0.257 e. The van der Waals surface area contributed by atoms with E-state index in [0.717, 1.165) is 49.6 Å². The lowest BCUT2D eigenvalue weighted by atomic mass is 9.95. The molecule has 1 saturated heterocycles. The van der Waals surface area contributed by atoms with Crippen molar-refractivity contribution in [3.8, 4) is 0 Å². The highest BCUT2D eigenvalue weighted by Gasteiger charge is 2.29. The van der Waals surface area contributed by atoms with Gasteiger partial charge in [-0.2, -0.15) is 5.10 Å². The molecule has 1 aliphatic heterocycles. The molecular formula is C19H25N7O. The largest absolute Gasteiger partial charge is 0.338 e. The van der Waals surface area contributed by atoms with Crippen molar-refractivity contribution in [1.29, 1.82) is 0 Å². The zero-order chi connectivity index (χ0) is 19.0. The number of nitrogens with zero attached hydrogens (tertiary/aromatic N) is 7. The molecule has 142 valence electrons. The molecule has 0 radical (unpaired) electrons. The van der Waals surface area contributed by atoms with E-state index in [2.05, 4.69) is 24.8 Å². The summed E-state index contributed by atoms with van der Waals surface area (Å²) >= 11 is 0. The van der Waals surface area contributed by atoms with Crippen molar-refractivity contribution < 1.29 is 4.79 Å². The van der Waals surface area contributed by atoms with Crippen LogP contribution in [-0.2, 0) is 13.6 Å². The Bertz CT molecular complexity index is 950. The predicted octanol–water partition coefficient (Wildman–Crippen LogP) is 1.54. The number of carbonyl (C=O) groups is 1. The van der Waals surface area contributed by atoms with E-state index in [1.165, 1.54) is 0 Å². The number of aromatic nitrogens is 5. The van der Waals surface area contributed by atoms with Crippen LogP contribution in [0.4, 0.5) is 0 Å². The summed E-state index contributed by atoms with van der Waals surface area (Å²) in [6, 6.07) is 5.77. The van der Waals surface area contributed by atoms with E-state index in [9.17, 15) is 4.79 Å². The fourth-order valence-corrected chi connectivity index (χ4v) is 3.76. The lowest BCUT2D eigenvalue weighted by Gasteiger charge is -2.31. The van der Waals surface area contributed by atoms with Gasteiger partial charge in [0.25, 0.3) is 5.91 Å². The SMILES string of the molecule is CN(C)Cc1nnc(C2CCN(C(=O)c3cnn4ccccc34)CC2)n1C. The first kappa shape index (κ1) is 17.7. The molecule has 0 aromatic carbocycles. The van der Waals surface area contributed by atoms with Crippen molar-refractivity contribution in [2.45, 2.75) is 25.3 Å². The molecule has 1 fully saturated rings. The van der Waals surface area contributed by atoms with E-state index in [0.29, 0.717) is 11.5 Å². The Kier molecular flexibility index (Phi) is 4.65. The molecular weight excluding hydrogens is 342 g/mol. The average Bonchev–Trinajstić information content (AvgIpc) is 3.25. The second-order valence-corrected chi connectivity index (χ2v) is 7.43. The third-order valence-electron chi connectivity index (χ3n) is 5.26. The minimum Gasteiger partial charge on any atom is -0.338 e. The van der Waals surface area contributed by atoms with Gasteiger partial charge in [-0.1, -0.05) is 6.07 Å². The molecule has 8 heteroatoms. The number of pyridine rings is 1. The molecule has 27 heavy (non-hydrogen) atoms. The molecule has 0 unspecified atom stereocenters. The molecule has 0 spiro atoms. The van der Waals surface area contributed by atoms with E-state index in [4.69, 9.17) is 0 Å². The van der Waals surface area contributed by atoms with E-state index < -0.39 is 0 Å². The van der Waals surface area contributed by atoms with Crippen LogP contribution in [0, 0.1) is 0 Å². The van der Waals surface area contributed by atoms with Crippen LogP contribution < -0.4 is 0 Å². The number of piperidine rings is 1. The maximum atomic E-state index is 12.9. The highest BCUT2D eigenvalue weighted by molar-refractivity contribution is 6.00. The first-order valence-electron chi connectivity index (χ1n) is 9.29. The molecule has 0 N–H and O–H groups in total. The lowest BCUT2D eigenvalue weighted by molar-refractivity contribution is 0.0712. The van der Waals surface area contributed by atoms with Crippen LogP contribution in [0.2, 0.25) is 0 Å². The summed E-state index contributed by atoms with van der Waals surface area (Å²) in [5.74, 6) is 2.39. The first-order valence-corrected chi connectivity index (χ1v) is 9.29. The van der Waals surface area contributed by atoms with Gasteiger partial charge in [0.15, 0.2) is 0 Å². The van der Waals surface area contributed by atoms with Crippen LogP contribution >= 0.6 is 0 Å². The van der Waals surface area contributed by atoms with Crippen LogP contribution in [0.1, 0.15) is 40.8 Å². The minimum absolute atomic E-state index is 0.0564. The van der Waals surface area contributed by atoms with Crippen LogP contribution in [0.15, 0.2) is 30.6 Å². The summed E-state index contributed by atoms with van der Waals surface area (Å²) in [6.45, 7) is 2.22. The number of carbonyl (C=O) groups excluding carboxylic acids is 1. The Morgan fingerprint density at radius 2 is 2.00 bits per heavy atom. The molecule has 4 heterocycles. The molecule has 3 aromatic rings. The third kappa shape index (κ3) is 3.32. The van der Waals surface area contributed by atoms with Gasteiger partial charge in [0.2, 0.25) is 0 Å². The van der Waals surface area contributed by atoms with Crippen molar-refractivity contribution in [1.82, 2.24) is 34.2 Å². The van der Waals surface area contributed by atoms with Gasteiger partial charge < -0.3 is 14.4 Å². The Balaban J connectivity index is 1.45. The van der Waals surface area contributed by atoms with Crippen LogP contribution in [0.5, 0.6) is 0 Å². The van der Waals surface area contributed by atoms with Gasteiger partial charge in [0.05, 0.1) is 23.8 Å². The normalized spacial score (nSPS) is 15.8. The van der Waals surface area contributed by atoms with Crippen molar-refractivity contribution in [2.24, 2.45) is 7.05 Å². The van der Waals surface area contributed by atoms with Gasteiger partial charge >= 0.3 is 0 Å². The average molecular weight is 367 g/mol. The topological polar surface area (TPSA) is 71.6 Å². The summed E-state index contributed by atoms with van der Waals surface area (Å²) in [6.07, 6.45) is 5.33. The van der Waals surface area contributed by atoms with E-state index in [1.54, 1.807) is 10.7 Å². The Morgan fingerprint density at radius 1 is 1.22 bits per heavy atom. The smallest absolute Gasteiger partial charge is 0.257 e. The van der Waals surface area contributed by atoms with Crippen molar-refractivity contribution in [3.63, 3.8) is 0 Å². The summed E-state index contributed by atoms with van der Waals surface area (Å²) in [4.78, 5) is 17.0. The summed E-state index contributed by atoms with van der Waals surface area (Å²) in [5.41, 5.74) is 1.52. The molecule has 8 nitrogen and oxygen atoms in total. The van der Waals surface area contributed by atoms with Gasteiger partial charge in [0.1, 0.15) is 11.6 Å². The molecule has 4 rings (SSSR count). The van der Waals surface area contributed by atoms with Gasteiger partial charge in [0, 0.05) is 32.3 Å². The van der Waals surface area contributed by atoms with Crippen LogP contribution in [-0.4, -0.2) is 67.3 Å². The fourth-order valence-electron chi connectivity index (χ4n) is 3.76. The number of fused-ring (bicyclic) bond motifs is 1. The number of amides is 1. The summed E-state index contributed by atoms with van der Waals surface area (Å²) in [7, 11) is 6.09. The van der Waals surface area contributed by atoms with Crippen molar-refractivity contribution in [2.75, 3.05) is 27.2 Å². The fraction of sp³-hybridized carbons (Fsp3) is 0.474.